The third-order valence-electron chi connectivity index (χ3n) is 0.953. The van der Waals surface area contributed by atoms with Crippen LogP contribution in [0.2, 0.25) is 0 Å². The summed E-state index contributed by atoms with van der Waals surface area (Å²) in [7, 11) is 0. The molecular formula is C6H7Fe. The summed E-state index contributed by atoms with van der Waals surface area (Å²) in [5, 5.41) is 0. The van der Waals surface area contributed by atoms with Gasteiger partial charge in [0, 0.05) is 0 Å². The van der Waals surface area contributed by atoms with E-state index in [4.69, 9.17) is 0 Å². The van der Waals surface area contributed by atoms with E-state index in [1.54, 1.807) is 0 Å². The summed E-state index contributed by atoms with van der Waals surface area (Å²) in [6.07, 6.45) is 8.61. The van der Waals surface area contributed by atoms with Crippen molar-refractivity contribution in [2.24, 2.45) is 0 Å². The van der Waals surface area contributed by atoms with Gasteiger partial charge in [-0.05, 0) is 0 Å². The molecule has 0 amide bonds. The summed E-state index contributed by atoms with van der Waals surface area (Å²) in [5.74, 6) is 0. The maximum atomic E-state index is 3.81. The van der Waals surface area contributed by atoms with Gasteiger partial charge in [-0.3, -0.25) is 0 Å². The molecule has 1 aliphatic carbocycles. The van der Waals surface area contributed by atoms with Crippen LogP contribution in [0.25, 0.3) is 0 Å². The van der Waals surface area contributed by atoms with Crippen LogP contribution in [0, 0.1) is 0 Å². The van der Waals surface area contributed by atoms with Crippen LogP contribution in [-0.4, -0.2) is 0 Å². The van der Waals surface area contributed by atoms with E-state index < -0.39 is 0 Å². The third kappa shape index (κ3) is 1.50. The van der Waals surface area contributed by atoms with Gasteiger partial charge in [-0.25, -0.2) is 0 Å². The summed E-state index contributed by atoms with van der Waals surface area (Å²) >= 11 is 3.81. The first-order chi connectivity index (χ1) is 3.39. The Morgan fingerprint density at radius 3 is 2.71 bits per heavy atom. The van der Waals surface area contributed by atoms with Crippen LogP contribution in [0.15, 0.2) is 22.7 Å². The Kier molecular flexibility index (Phi) is 1.72. The van der Waals surface area contributed by atoms with Crippen molar-refractivity contribution in [1.29, 1.82) is 0 Å². The molecule has 0 spiro atoms. The second-order valence-electron chi connectivity index (χ2n) is 1.56. The molecule has 0 saturated heterocycles. The van der Waals surface area contributed by atoms with E-state index in [-0.39, 0.29) is 0 Å². The van der Waals surface area contributed by atoms with Gasteiger partial charge in [-0.15, -0.1) is 0 Å². The molecule has 0 atom stereocenters. The number of hydrogen-bond acceptors (Lipinski definition) is 0. The SMILES string of the molecule is [Fe][C]1=CC=CCC1. The molecule has 0 aliphatic heterocycles. The predicted octanol–water partition coefficient (Wildman–Crippen LogP) is 1.77. The summed E-state index contributed by atoms with van der Waals surface area (Å²) in [5.41, 5.74) is 0. The quantitative estimate of drug-likeness (QED) is 0.444. The van der Waals surface area contributed by atoms with E-state index >= 15 is 0 Å². The van der Waals surface area contributed by atoms with Crippen molar-refractivity contribution in [3.05, 3.63) is 22.7 Å². The topological polar surface area (TPSA) is 0 Å². The summed E-state index contributed by atoms with van der Waals surface area (Å²) in [6.45, 7) is 0. The molecule has 0 saturated carbocycles. The van der Waals surface area contributed by atoms with E-state index in [0.29, 0.717) is 0 Å². The zero-order chi connectivity index (χ0) is 5.11. The molecule has 39 valence electrons. The number of rotatable bonds is 0. The number of allylic oxidation sites excluding steroid dienone is 4. The Labute approximate surface area is 52.1 Å². The Hall–Kier alpha value is -0.000519. The molecule has 0 aromatic heterocycles. The monoisotopic (exact) mass is 135 g/mol. The molecule has 1 heteroatoms. The van der Waals surface area contributed by atoms with E-state index in [1.807, 2.05) is 0 Å². The molecule has 7 heavy (non-hydrogen) atoms. The molecule has 0 nitrogen and oxygen atoms in total. The van der Waals surface area contributed by atoms with Gasteiger partial charge in [0.05, 0.1) is 0 Å². The fourth-order valence-corrected chi connectivity index (χ4v) is 0.833. The van der Waals surface area contributed by atoms with Crippen LogP contribution in [-0.2, 0) is 16.0 Å². The van der Waals surface area contributed by atoms with Crippen LogP contribution in [0.4, 0.5) is 0 Å². The maximum absolute atomic E-state index is 3.81. The van der Waals surface area contributed by atoms with Crippen molar-refractivity contribution in [2.75, 3.05) is 0 Å². The van der Waals surface area contributed by atoms with Crippen molar-refractivity contribution < 1.29 is 16.0 Å². The normalized spacial score (nSPS) is 19.3. The Morgan fingerprint density at radius 1 is 1.57 bits per heavy atom. The Morgan fingerprint density at radius 2 is 2.43 bits per heavy atom. The van der Waals surface area contributed by atoms with Crippen LogP contribution in [0.1, 0.15) is 12.8 Å². The molecule has 0 aromatic rings. The molecule has 0 unspecified atom stereocenters. The molecule has 1 rings (SSSR count). The summed E-state index contributed by atoms with van der Waals surface area (Å²) in [6, 6.07) is 0. The van der Waals surface area contributed by atoms with Gasteiger partial charge >= 0.3 is 51.6 Å². The molecule has 0 radical (unpaired) electrons. The average Bonchev–Trinajstić information content (AvgIpc) is 1.69. The van der Waals surface area contributed by atoms with Crippen molar-refractivity contribution in [2.45, 2.75) is 12.8 Å². The Balaban J connectivity index is 2.57. The van der Waals surface area contributed by atoms with Crippen LogP contribution < -0.4 is 0 Å². The van der Waals surface area contributed by atoms with Gasteiger partial charge in [-0.1, -0.05) is 0 Å². The minimum absolute atomic E-state index is 1.15. The van der Waals surface area contributed by atoms with E-state index in [2.05, 4.69) is 34.2 Å². The zero-order valence-corrected chi connectivity index (χ0v) is 5.10. The van der Waals surface area contributed by atoms with E-state index in [9.17, 15) is 0 Å². The van der Waals surface area contributed by atoms with Crippen molar-refractivity contribution >= 4 is 0 Å². The standard InChI is InChI=1S/C6H7.Fe/c1-2-4-6-5-3-1;/h1-3H,4,6H2;. The van der Waals surface area contributed by atoms with Crippen LogP contribution in [0.3, 0.4) is 0 Å². The van der Waals surface area contributed by atoms with Gasteiger partial charge in [-0.2, -0.15) is 0 Å². The fourth-order valence-electron chi connectivity index (χ4n) is 0.567. The molecule has 0 N–H and O–H groups in total. The first-order valence-electron chi connectivity index (χ1n) is 2.39. The van der Waals surface area contributed by atoms with Crippen LogP contribution >= 0.6 is 0 Å². The first-order valence-corrected chi connectivity index (χ1v) is 2.95. The van der Waals surface area contributed by atoms with Gasteiger partial charge in [0.2, 0.25) is 0 Å². The van der Waals surface area contributed by atoms with E-state index in [1.165, 1.54) is 10.9 Å². The van der Waals surface area contributed by atoms with Gasteiger partial charge in [0.1, 0.15) is 0 Å². The first kappa shape index (κ1) is 5.14. The average molecular weight is 135 g/mol. The van der Waals surface area contributed by atoms with Gasteiger partial charge in [0.25, 0.3) is 0 Å². The van der Waals surface area contributed by atoms with Crippen molar-refractivity contribution in [3.63, 3.8) is 0 Å². The molecule has 0 bridgehead atoms. The summed E-state index contributed by atoms with van der Waals surface area (Å²) < 4.78 is 1.25. The Bertz CT molecular complexity index is 111. The molecule has 0 heterocycles. The number of hydrogen-bond donors (Lipinski definition) is 0. The van der Waals surface area contributed by atoms with E-state index in [0.717, 1.165) is 6.42 Å². The molecular weight excluding hydrogens is 128 g/mol. The second kappa shape index (κ2) is 2.34. The second-order valence-corrected chi connectivity index (χ2v) is 2.27. The third-order valence-corrected chi connectivity index (χ3v) is 1.41. The fraction of sp³-hybridized carbons (Fsp3) is 0.333. The zero-order valence-electron chi connectivity index (χ0n) is 4.00. The molecule has 0 aromatic carbocycles. The predicted molar refractivity (Wildman–Crippen MR) is 26.5 cm³/mol. The molecule has 0 fully saturated rings. The van der Waals surface area contributed by atoms with Crippen LogP contribution in [0.5, 0.6) is 0 Å². The minimum atomic E-state index is 1.15. The van der Waals surface area contributed by atoms with Gasteiger partial charge < -0.3 is 0 Å². The summed E-state index contributed by atoms with van der Waals surface area (Å²) in [4.78, 5) is 0. The van der Waals surface area contributed by atoms with Crippen molar-refractivity contribution in [3.8, 4) is 0 Å². The van der Waals surface area contributed by atoms with Gasteiger partial charge in [0.15, 0.2) is 0 Å². The molecule has 1 aliphatic rings. The van der Waals surface area contributed by atoms with Crippen molar-refractivity contribution in [1.82, 2.24) is 0 Å².